The summed E-state index contributed by atoms with van der Waals surface area (Å²) >= 11 is 7.36. The maximum Gasteiger partial charge on any atom is 0.348 e. The SMILES string of the molecule is CCCSc1nc(Cl)c([N+](=O)[O-])c(NC2CCC(C#N)C2)n1. The highest BCUT2D eigenvalue weighted by atomic mass is 35.5. The predicted molar refractivity (Wildman–Crippen MR) is 85.1 cm³/mol. The van der Waals surface area contributed by atoms with E-state index in [2.05, 4.69) is 21.4 Å². The minimum atomic E-state index is -0.574. The maximum absolute atomic E-state index is 11.2. The van der Waals surface area contributed by atoms with Gasteiger partial charge in [-0.15, -0.1) is 0 Å². The molecule has 2 unspecified atom stereocenters. The van der Waals surface area contributed by atoms with Gasteiger partial charge >= 0.3 is 5.69 Å². The van der Waals surface area contributed by atoms with E-state index < -0.39 is 4.92 Å². The van der Waals surface area contributed by atoms with Gasteiger partial charge in [-0.3, -0.25) is 10.1 Å². The number of halogens is 1. The summed E-state index contributed by atoms with van der Waals surface area (Å²) in [7, 11) is 0. The Bertz CT molecular complexity index is 607. The Labute approximate surface area is 137 Å². The molecule has 7 nitrogen and oxygen atoms in total. The second-order valence-electron chi connectivity index (χ2n) is 5.08. The van der Waals surface area contributed by atoms with Crippen molar-refractivity contribution in [3.8, 4) is 6.07 Å². The van der Waals surface area contributed by atoms with Crippen molar-refractivity contribution >= 4 is 34.9 Å². The quantitative estimate of drug-likeness (QED) is 0.277. The molecule has 1 N–H and O–H groups in total. The van der Waals surface area contributed by atoms with Crippen LogP contribution in [0.1, 0.15) is 32.6 Å². The van der Waals surface area contributed by atoms with E-state index in [9.17, 15) is 10.1 Å². The normalized spacial score (nSPS) is 20.6. The number of hydrogen-bond donors (Lipinski definition) is 1. The van der Waals surface area contributed by atoms with E-state index >= 15 is 0 Å². The maximum atomic E-state index is 11.2. The van der Waals surface area contributed by atoms with Gasteiger partial charge in [-0.1, -0.05) is 30.3 Å². The lowest BCUT2D eigenvalue weighted by atomic mass is 10.1. The minimum Gasteiger partial charge on any atom is -0.361 e. The molecule has 1 aliphatic rings. The molecule has 2 rings (SSSR count). The number of aromatic nitrogens is 2. The van der Waals surface area contributed by atoms with Gasteiger partial charge in [0.1, 0.15) is 0 Å². The van der Waals surface area contributed by atoms with Crippen LogP contribution in [-0.4, -0.2) is 26.7 Å². The number of rotatable bonds is 6. The molecule has 0 bridgehead atoms. The van der Waals surface area contributed by atoms with Crippen LogP contribution < -0.4 is 5.32 Å². The van der Waals surface area contributed by atoms with Crippen LogP contribution in [0, 0.1) is 27.4 Å². The summed E-state index contributed by atoms with van der Waals surface area (Å²) in [5.41, 5.74) is -0.303. The van der Waals surface area contributed by atoms with Crippen molar-refractivity contribution in [2.75, 3.05) is 11.1 Å². The van der Waals surface area contributed by atoms with Crippen LogP contribution in [0.4, 0.5) is 11.5 Å². The third-order valence-electron chi connectivity index (χ3n) is 3.39. The molecule has 1 heterocycles. The van der Waals surface area contributed by atoms with Crippen LogP contribution in [0.25, 0.3) is 0 Å². The summed E-state index contributed by atoms with van der Waals surface area (Å²) in [6.45, 7) is 2.03. The first-order valence-corrected chi connectivity index (χ1v) is 8.42. The molecule has 0 aromatic carbocycles. The molecule has 2 atom stereocenters. The molecule has 1 saturated carbocycles. The summed E-state index contributed by atoms with van der Waals surface area (Å²) in [6.07, 6.45) is 3.18. The Morgan fingerprint density at radius 1 is 1.55 bits per heavy atom. The van der Waals surface area contributed by atoms with Crippen molar-refractivity contribution in [2.24, 2.45) is 5.92 Å². The van der Waals surface area contributed by atoms with Crippen LogP contribution >= 0.6 is 23.4 Å². The lowest BCUT2D eigenvalue weighted by Crippen LogP contribution is -2.18. The van der Waals surface area contributed by atoms with Gasteiger partial charge in [0, 0.05) is 17.7 Å². The summed E-state index contributed by atoms with van der Waals surface area (Å²) in [4.78, 5) is 18.9. The molecule has 0 aliphatic heterocycles. The van der Waals surface area contributed by atoms with Crippen LogP contribution in [0.3, 0.4) is 0 Å². The van der Waals surface area contributed by atoms with Crippen molar-refractivity contribution < 1.29 is 4.92 Å². The highest BCUT2D eigenvalue weighted by Gasteiger charge is 2.29. The highest BCUT2D eigenvalue weighted by Crippen LogP contribution is 2.35. The summed E-state index contributed by atoms with van der Waals surface area (Å²) in [6, 6.07) is 2.23. The van der Waals surface area contributed by atoms with Crippen molar-refractivity contribution in [1.29, 1.82) is 5.26 Å². The zero-order valence-corrected chi connectivity index (χ0v) is 13.7. The Kier molecular flexibility index (Phi) is 5.80. The molecule has 22 heavy (non-hydrogen) atoms. The van der Waals surface area contributed by atoms with Gasteiger partial charge in [-0.2, -0.15) is 10.2 Å². The number of thioether (sulfide) groups is 1. The van der Waals surface area contributed by atoms with E-state index in [4.69, 9.17) is 16.9 Å². The summed E-state index contributed by atoms with van der Waals surface area (Å²) in [5.74, 6) is 0.947. The Morgan fingerprint density at radius 2 is 2.32 bits per heavy atom. The lowest BCUT2D eigenvalue weighted by Gasteiger charge is -2.13. The van der Waals surface area contributed by atoms with Gasteiger partial charge in [-0.05, 0) is 25.7 Å². The first kappa shape index (κ1) is 16.8. The van der Waals surface area contributed by atoms with Crippen molar-refractivity contribution in [1.82, 2.24) is 9.97 Å². The number of nitro groups is 1. The minimum absolute atomic E-state index is 0.00154. The van der Waals surface area contributed by atoms with E-state index in [1.807, 2.05) is 6.92 Å². The largest absolute Gasteiger partial charge is 0.361 e. The van der Waals surface area contributed by atoms with Gasteiger partial charge in [-0.25, -0.2) is 4.98 Å². The zero-order valence-electron chi connectivity index (χ0n) is 12.1. The molecule has 0 amide bonds. The van der Waals surface area contributed by atoms with Gasteiger partial charge in [0.2, 0.25) is 11.0 Å². The second kappa shape index (κ2) is 7.61. The average Bonchev–Trinajstić information content (AvgIpc) is 2.92. The van der Waals surface area contributed by atoms with Gasteiger partial charge in [0.15, 0.2) is 5.16 Å². The molecule has 9 heteroatoms. The fourth-order valence-electron chi connectivity index (χ4n) is 2.35. The van der Waals surface area contributed by atoms with Gasteiger partial charge in [0.25, 0.3) is 0 Å². The van der Waals surface area contributed by atoms with Crippen molar-refractivity contribution in [3.05, 3.63) is 15.3 Å². The Morgan fingerprint density at radius 3 is 2.91 bits per heavy atom. The standard InChI is InChI=1S/C13H16ClN5O2S/c1-2-5-22-13-17-11(14)10(19(20)21)12(18-13)16-9-4-3-8(6-9)7-15/h8-9H,2-6H2,1H3,(H,16,17,18). The summed E-state index contributed by atoms with van der Waals surface area (Å²) < 4.78 is 0. The van der Waals surface area contributed by atoms with E-state index in [-0.39, 0.29) is 28.6 Å². The fraction of sp³-hybridized carbons (Fsp3) is 0.615. The van der Waals surface area contributed by atoms with Gasteiger partial charge in [0.05, 0.1) is 11.0 Å². The van der Waals surface area contributed by atoms with E-state index in [1.54, 1.807) is 0 Å². The van der Waals surface area contributed by atoms with Crippen LogP contribution in [0.2, 0.25) is 5.15 Å². The number of hydrogen-bond acceptors (Lipinski definition) is 7. The predicted octanol–water partition coefficient (Wildman–Crippen LogP) is 3.64. The molecule has 1 aliphatic carbocycles. The molecule has 0 radical (unpaired) electrons. The van der Waals surface area contributed by atoms with Crippen molar-refractivity contribution in [3.63, 3.8) is 0 Å². The molecule has 1 fully saturated rings. The second-order valence-corrected chi connectivity index (χ2v) is 6.50. The monoisotopic (exact) mass is 341 g/mol. The van der Waals surface area contributed by atoms with Crippen LogP contribution in [0.5, 0.6) is 0 Å². The molecule has 1 aromatic heterocycles. The number of nitriles is 1. The highest BCUT2D eigenvalue weighted by molar-refractivity contribution is 7.99. The molecule has 0 saturated heterocycles. The van der Waals surface area contributed by atoms with Gasteiger partial charge < -0.3 is 5.32 Å². The third kappa shape index (κ3) is 3.99. The lowest BCUT2D eigenvalue weighted by molar-refractivity contribution is -0.384. The van der Waals surface area contributed by atoms with E-state index in [0.29, 0.717) is 11.6 Å². The molecule has 1 aromatic rings. The first-order chi connectivity index (χ1) is 10.5. The Hall–Kier alpha value is -1.59. The molecule has 0 spiro atoms. The fourth-order valence-corrected chi connectivity index (χ4v) is 3.34. The number of nitrogens with zero attached hydrogens (tertiary/aromatic N) is 4. The van der Waals surface area contributed by atoms with E-state index in [0.717, 1.165) is 25.0 Å². The smallest absolute Gasteiger partial charge is 0.348 e. The van der Waals surface area contributed by atoms with Crippen LogP contribution in [0.15, 0.2) is 5.16 Å². The van der Waals surface area contributed by atoms with Crippen molar-refractivity contribution in [2.45, 2.75) is 43.8 Å². The number of anilines is 1. The Balaban J connectivity index is 2.24. The molecular formula is C13H16ClN5O2S. The molecular weight excluding hydrogens is 326 g/mol. The third-order valence-corrected chi connectivity index (χ3v) is 4.71. The molecule has 118 valence electrons. The van der Waals surface area contributed by atoms with Crippen LogP contribution in [-0.2, 0) is 0 Å². The average molecular weight is 342 g/mol. The topological polar surface area (TPSA) is 105 Å². The van der Waals surface area contributed by atoms with E-state index in [1.165, 1.54) is 11.8 Å². The zero-order chi connectivity index (χ0) is 16.1. The number of nitrogens with one attached hydrogen (secondary N) is 1. The first-order valence-electron chi connectivity index (χ1n) is 7.06. The summed E-state index contributed by atoms with van der Waals surface area (Å²) in [5, 5.41) is 23.5.